The predicted octanol–water partition coefficient (Wildman–Crippen LogP) is 1.81. The zero-order valence-corrected chi connectivity index (χ0v) is 9.15. The predicted molar refractivity (Wildman–Crippen MR) is 57.1 cm³/mol. The summed E-state index contributed by atoms with van der Waals surface area (Å²) in [5.41, 5.74) is 0.581. The lowest BCUT2D eigenvalue weighted by atomic mass is 9.71. The van der Waals surface area contributed by atoms with Crippen LogP contribution in [0.4, 0.5) is 0 Å². The molecular formula is C10H19NOS. The van der Waals surface area contributed by atoms with Gasteiger partial charge in [-0.1, -0.05) is 0 Å². The molecule has 1 heterocycles. The van der Waals surface area contributed by atoms with E-state index in [0.717, 1.165) is 13.2 Å². The zero-order chi connectivity index (χ0) is 9.31. The molecular weight excluding hydrogens is 182 g/mol. The average molecular weight is 201 g/mol. The molecule has 0 aromatic rings. The summed E-state index contributed by atoms with van der Waals surface area (Å²) in [4.78, 5) is 0. The molecule has 1 saturated carbocycles. The molecule has 13 heavy (non-hydrogen) atoms. The van der Waals surface area contributed by atoms with E-state index < -0.39 is 0 Å². The molecule has 1 saturated heterocycles. The quantitative estimate of drug-likeness (QED) is 0.525. The van der Waals surface area contributed by atoms with E-state index in [1.54, 1.807) is 0 Å². The van der Waals surface area contributed by atoms with E-state index in [0.29, 0.717) is 16.8 Å². The second kappa shape index (κ2) is 3.79. The van der Waals surface area contributed by atoms with Crippen LogP contribution < -0.4 is 5.32 Å². The second-order valence-corrected chi connectivity index (χ2v) is 5.38. The Labute approximate surface area is 85.8 Å². The van der Waals surface area contributed by atoms with Gasteiger partial charge in [0.25, 0.3) is 0 Å². The molecule has 76 valence electrons. The second-order valence-electron chi connectivity index (χ2n) is 4.61. The molecule has 2 aliphatic rings. The van der Waals surface area contributed by atoms with E-state index in [9.17, 15) is 0 Å². The molecule has 1 unspecified atom stereocenters. The Bertz CT molecular complexity index is 170. The number of hydrogen-bond acceptors (Lipinski definition) is 3. The van der Waals surface area contributed by atoms with Gasteiger partial charge in [0.2, 0.25) is 0 Å². The number of thiol groups is 1. The van der Waals surface area contributed by atoms with E-state index >= 15 is 0 Å². The van der Waals surface area contributed by atoms with Crippen molar-refractivity contribution in [3.63, 3.8) is 0 Å². The lowest BCUT2D eigenvalue weighted by Crippen LogP contribution is -2.48. The van der Waals surface area contributed by atoms with Gasteiger partial charge < -0.3 is 10.1 Å². The van der Waals surface area contributed by atoms with Crippen molar-refractivity contribution in [3.8, 4) is 0 Å². The molecule has 1 spiro atoms. The monoisotopic (exact) mass is 201 g/mol. The van der Waals surface area contributed by atoms with Crippen LogP contribution in [-0.2, 0) is 4.74 Å². The normalized spacial score (nSPS) is 30.0. The SMILES string of the molecule is CC(S)NC1CCC2(CC1)COC2. The maximum Gasteiger partial charge on any atom is 0.0544 e. The van der Waals surface area contributed by atoms with Gasteiger partial charge >= 0.3 is 0 Å². The molecule has 0 amide bonds. The molecule has 2 nitrogen and oxygen atoms in total. The molecule has 0 aromatic heterocycles. The van der Waals surface area contributed by atoms with Crippen molar-refractivity contribution in [3.05, 3.63) is 0 Å². The van der Waals surface area contributed by atoms with Gasteiger partial charge in [-0.25, -0.2) is 0 Å². The summed E-state index contributed by atoms with van der Waals surface area (Å²) < 4.78 is 5.30. The average Bonchev–Trinajstić information content (AvgIpc) is 2.02. The summed E-state index contributed by atoms with van der Waals surface area (Å²) in [5.74, 6) is 0. The van der Waals surface area contributed by atoms with Crippen molar-refractivity contribution < 1.29 is 4.74 Å². The maximum atomic E-state index is 5.30. The van der Waals surface area contributed by atoms with Crippen LogP contribution in [-0.4, -0.2) is 24.6 Å². The van der Waals surface area contributed by atoms with Crippen molar-refractivity contribution in [2.24, 2.45) is 5.41 Å². The van der Waals surface area contributed by atoms with Gasteiger partial charge in [0.05, 0.1) is 13.2 Å². The van der Waals surface area contributed by atoms with Gasteiger partial charge in [0.15, 0.2) is 0 Å². The van der Waals surface area contributed by atoms with Crippen LogP contribution in [0.5, 0.6) is 0 Å². The Hall–Kier alpha value is 0.270. The molecule has 1 atom stereocenters. The Balaban J connectivity index is 1.76. The standard InChI is InChI=1S/C10H19NOS/c1-8(13)11-9-2-4-10(5-3-9)6-12-7-10/h8-9,11,13H,2-7H2,1H3. The lowest BCUT2D eigenvalue weighted by molar-refractivity contribution is -0.133. The molecule has 0 radical (unpaired) electrons. The first kappa shape index (κ1) is 9.81. The Morgan fingerprint density at radius 1 is 1.38 bits per heavy atom. The number of rotatable bonds is 2. The highest BCUT2D eigenvalue weighted by Gasteiger charge is 2.41. The number of hydrogen-bond donors (Lipinski definition) is 2. The van der Waals surface area contributed by atoms with Crippen LogP contribution in [0, 0.1) is 5.41 Å². The summed E-state index contributed by atoms with van der Waals surface area (Å²) in [5, 5.41) is 3.82. The topological polar surface area (TPSA) is 21.3 Å². The Kier molecular flexibility index (Phi) is 2.86. The van der Waals surface area contributed by atoms with Gasteiger partial charge in [-0.05, 0) is 32.6 Å². The fourth-order valence-corrected chi connectivity index (χ4v) is 2.63. The van der Waals surface area contributed by atoms with Gasteiger partial charge in [-0.3, -0.25) is 0 Å². The third-order valence-electron chi connectivity index (χ3n) is 3.34. The fourth-order valence-electron chi connectivity index (χ4n) is 2.42. The Morgan fingerprint density at radius 2 is 2.00 bits per heavy atom. The minimum atomic E-state index is 0.330. The van der Waals surface area contributed by atoms with Crippen molar-refractivity contribution in [1.29, 1.82) is 0 Å². The summed E-state index contributed by atoms with van der Waals surface area (Å²) in [6.45, 7) is 4.12. The molecule has 1 aliphatic carbocycles. The van der Waals surface area contributed by atoms with Crippen molar-refractivity contribution in [2.45, 2.75) is 44.0 Å². The molecule has 3 heteroatoms. The smallest absolute Gasteiger partial charge is 0.0544 e. The summed E-state index contributed by atoms with van der Waals surface area (Å²) in [7, 11) is 0. The minimum Gasteiger partial charge on any atom is -0.380 e. The molecule has 0 aromatic carbocycles. The van der Waals surface area contributed by atoms with Crippen molar-refractivity contribution in [2.75, 3.05) is 13.2 Å². The summed E-state index contributed by atoms with van der Waals surface area (Å²) in [6.07, 6.45) is 5.28. The molecule has 0 bridgehead atoms. The van der Waals surface area contributed by atoms with Crippen LogP contribution in [0.2, 0.25) is 0 Å². The summed E-state index contributed by atoms with van der Waals surface area (Å²) >= 11 is 4.35. The first-order valence-corrected chi connectivity index (χ1v) is 5.74. The van der Waals surface area contributed by atoms with Gasteiger partial charge in [0, 0.05) is 16.8 Å². The fraction of sp³-hybridized carbons (Fsp3) is 1.00. The third kappa shape index (κ3) is 2.20. The van der Waals surface area contributed by atoms with E-state index in [-0.39, 0.29) is 0 Å². The first-order valence-electron chi connectivity index (χ1n) is 5.22. The van der Waals surface area contributed by atoms with E-state index in [1.165, 1.54) is 25.7 Å². The molecule has 1 aliphatic heterocycles. The molecule has 1 N–H and O–H groups in total. The minimum absolute atomic E-state index is 0.330. The molecule has 2 rings (SSSR count). The maximum absolute atomic E-state index is 5.30. The van der Waals surface area contributed by atoms with Crippen LogP contribution in [0.15, 0.2) is 0 Å². The van der Waals surface area contributed by atoms with Crippen molar-refractivity contribution >= 4 is 12.6 Å². The van der Waals surface area contributed by atoms with E-state index in [2.05, 4.69) is 24.9 Å². The lowest BCUT2D eigenvalue weighted by Gasteiger charge is -2.46. The van der Waals surface area contributed by atoms with Crippen LogP contribution >= 0.6 is 12.6 Å². The van der Waals surface area contributed by atoms with E-state index in [4.69, 9.17) is 4.74 Å². The van der Waals surface area contributed by atoms with Gasteiger partial charge in [0.1, 0.15) is 0 Å². The molecule has 2 fully saturated rings. The Morgan fingerprint density at radius 3 is 2.38 bits per heavy atom. The highest BCUT2D eigenvalue weighted by molar-refractivity contribution is 7.80. The van der Waals surface area contributed by atoms with Crippen LogP contribution in [0.1, 0.15) is 32.6 Å². The van der Waals surface area contributed by atoms with Gasteiger partial charge in [-0.15, -0.1) is 0 Å². The van der Waals surface area contributed by atoms with E-state index in [1.807, 2.05) is 0 Å². The zero-order valence-electron chi connectivity index (χ0n) is 8.25. The highest BCUT2D eigenvalue weighted by atomic mass is 32.1. The third-order valence-corrected chi connectivity index (χ3v) is 3.49. The number of ether oxygens (including phenoxy) is 1. The van der Waals surface area contributed by atoms with Crippen molar-refractivity contribution in [1.82, 2.24) is 5.32 Å². The highest BCUT2D eigenvalue weighted by Crippen LogP contribution is 2.42. The first-order chi connectivity index (χ1) is 6.20. The van der Waals surface area contributed by atoms with Crippen LogP contribution in [0.25, 0.3) is 0 Å². The van der Waals surface area contributed by atoms with Crippen LogP contribution in [0.3, 0.4) is 0 Å². The largest absolute Gasteiger partial charge is 0.380 e. The number of nitrogens with one attached hydrogen (secondary N) is 1. The summed E-state index contributed by atoms with van der Waals surface area (Å²) in [6, 6.07) is 0.693. The van der Waals surface area contributed by atoms with Gasteiger partial charge in [-0.2, -0.15) is 12.6 Å².